The van der Waals surface area contributed by atoms with Crippen LogP contribution in [0.25, 0.3) is 0 Å². The minimum Gasteiger partial charge on any atom is -0.399 e. The Morgan fingerprint density at radius 1 is 1.38 bits per heavy atom. The third-order valence-corrected chi connectivity index (χ3v) is 2.34. The summed E-state index contributed by atoms with van der Waals surface area (Å²) in [7, 11) is 1.45. The van der Waals surface area contributed by atoms with Gasteiger partial charge >= 0.3 is 0 Å². The van der Waals surface area contributed by atoms with Crippen molar-refractivity contribution in [2.24, 2.45) is 5.16 Å². The maximum atomic E-state index is 11.5. The minimum absolute atomic E-state index is 0.342. The van der Waals surface area contributed by atoms with Gasteiger partial charge in [0, 0.05) is 12.6 Å². The summed E-state index contributed by atoms with van der Waals surface area (Å²) >= 11 is 0. The molecule has 2 rings (SSSR count). The molecule has 0 bridgehead atoms. The number of amides is 2. The Bertz CT molecular complexity index is 480. The summed E-state index contributed by atoms with van der Waals surface area (Å²) in [4.78, 5) is 27.4. The standard InChI is InChI=1S/C11H10N2O3/c1-16-12-6-5-7-3-2-4-8-9(7)11(15)13-10(8)14/h2-4,6H,5H2,1H3,(H,13,14,15). The van der Waals surface area contributed by atoms with E-state index in [-0.39, 0.29) is 11.8 Å². The third kappa shape index (κ3) is 1.67. The fourth-order valence-electron chi connectivity index (χ4n) is 1.67. The molecule has 1 aliphatic rings. The first kappa shape index (κ1) is 10.4. The number of carbonyl (C=O) groups is 2. The van der Waals surface area contributed by atoms with E-state index in [0.29, 0.717) is 17.5 Å². The van der Waals surface area contributed by atoms with Crippen LogP contribution in [0.1, 0.15) is 26.3 Å². The van der Waals surface area contributed by atoms with E-state index in [0.717, 1.165) is 5.56 Å². The number of imide groups is 1. The van der Waals surface area contributed by atoms with Crippen LogP contribution >= 0.6 is 0 Å². The summed E-state index contributed by atoms with van der Waals surface area (Å²) in [6.07, 6.45) is 2.00. The lowest BCUT2D eigenvalue weighted by molar-refractivity contribution is 0.0879. The molecule has 0 fully saturated rings. The van der Waals surface area contributed by atoms with Crippen molar-refractivity contribution in [2.75, 3.05) is 7.11 Å². The number of benzene rings is 1. The highest BCUT2D eigenvalue weighted by Crippen LogP contribution is 2.19. The molecule has 1 heterocycles. The van der Waals surface area contributed by atoms with Crippen molar-refractivity contribution in [1.82, 2.24) is 5.32 Å². The lowest BCUT2D eigenvalue weighted by Gasteiger charge is -2.01. The number of fused-ring (bicyclic) bond motifs is 1. The molecule has 1 aromatic carbocycles. The highest BCUT2D eigenvalue weighted by molar-refractivity contribution is 6.22. The minimum atomic E-state index is -0.346. The Hall–Kier alpha value is -2.17. The quantitative estimate of drug-likeness (QED) is 0.462. The molecule has 5 heteroatoms. The van der Waals surface area contributed by atoms with Crippen molar-refractivity contribution in [3.63, 3.8) is 0 Å². The van der Waals surface area contributed by atoms with E-state index in [9.17, 15) is 9.59 Å². The molecule has 0 aromatic heterocycles. The zero-order chi connectivity index (χ0) is 11.5. The van der Waals surface area contributed by atoms with Crippen molar-refractivity contribution in [3.05, 3.63) is 34.9 Å². The fraction of sp³-hybridized carbons (Fsp3) is 0.182. The van der Waals surface area contributed by atoms with Crippen molar-refractivity contribution in [3.8, 4) is 0 Å². The molecule has 0 saturated heterocycles. The monoisotopic (exact) mass is 218 g/mol. The highest BCUT2D eigenvalue weighted by atomic mass is 16.6. The van der Waals surface area contributed by atoms with Crippen molar-refractivity contribution >= 4 is 18.0 Å². The zero-order valence-electron chi connectivity index (χ0n) is 8.69. The van der Waals surface area contributed by atoms with Crippen LogP contribution in [-0.4, -0.2) is 25.1 Å². The summed E-state index contributed by atoms with van der Waals surface area (Å²) < 4.78 is 0. The number of hydrogen-bond donors (Lipinski definition) is 1. The molecule has 0 atom stereocenters. The highest BCUT2D eigenvalue weighted by Gasteiger charge is 2.28. The van der Waals surface area contributed by atoms with E-state index in [1.807, 2.05) is 0 Å². The number of hydrogen-bond acceptors (Lipinski definition) is 4. The van der Waals surface area contributed by atoms with Crippen LogP contribution in [0.15, 0.2) is 23.4 Å². The molecule has 82 valence electrons. The summed E-state index contributed by atoms with van der Waals surface area (Å²) in [5.41, 5.74) is 1.63. The first-order valence-corrected chi connectivity index (χ1v) is 4.76. The van der Waals surface area contributed by atoms with Gasteiger partial charge in [-0.2, -0.15) is 0 Å². The average molecular weight is 218 g/mol. The van der Waals surface area contributed by atoms with Gasteiger partial charge in [0.2, 0.25) is 0 Å². The summed E-state index contributed by atoms with van der Waals surface area (Å²) in [6, 6.07) is 5.16. The normalized spacial score (nSPS) is 14.1. The lowest BCUT2D eigenvalue weighted by Crippen LogP contribution is -2.20. The van der Waals surface area contributed by atoms with Crippen LogP contribution in [0.4, 0.5) is 0 Å². The van der Waals surface area contributed by atoms with Crippen molar-refractivity contribution < 1.29 is 14.4 Å². The molecule has 0 saturated carbocycles. The van der Waals surface area contributed by atoms with Gasteiger partial charge in [0.15, 0.2) is 0 Å². The number of rotatable bonds is 3. The van der Waals surface area contributed by atoms with E-state index >= 15 is 0 Å². The molecule has 0 aliphatic carbocycles. The van der Waals surface area contributed by atoms with Gasteiger partial charge in [0.05, 0.1) is 11.1 Å². The lowest BCUT2D eigenvalue weighted by atomic mass is 10.0. The molecule has 0 spiro atoms. The summed E-state index contributed by atoms with van der Waals surface area (Å²) in [5.74, 6) is -0.688. The average Bonchev–Trinajstić information content (AvgIpc) is 2.56. The molecule has 0 radical (unpaired) electrons. The van der Waals surface area contributed by atoms with Gasteiger partial charge in [-0.25, -0.2) is 0 Å². The molecule has 2 amide bonds. The third-order valence-electron chi connectivity index (χ3n) is 2.34. The Morgan fingerprint density at radius 2 is 2.19 bits per heavy atom. The van der Waals surface area contributed by atoms with Gasteiger partial charge in [0.25, 0.3) is 11.8 Å². The molecule has 16 heavy (non-hydrogen) atoms. The Morgan fingerprint density at radius 3 is 2.94 bits per heavy atom. The largest absolute Gasteiger partial charge is 0.399 e. The van der Waals surface area contributed by atoms with E-state index in [1.54, 1.807) is 24.4 Å². The van der Waals surface area contributed by atoms with E-state index in [4.69, 9.17) is 0 Å². The second kappa shape index (κ2) is 4.14. The van der Waals surface area contributed by atoms with Gasteiger partial charge in [0.1, 0.15) is 7.11 Å². The van der Waals surface area contributed by atoms with Gasteiger partial charge < -0.3 is 4.84 Å². The fourth-order valence-corrected chi connectivity index (χ4v) is 1.67. The molecule has 1 aromatic rings. The van der Waals surface area contributed by atoms with Crippen molar-refractivity contribution in [2.45, 2.75) is 6.42 Å². The van der Waals surface area contributed by atoms with Crippen LogP contribution in [0, 0.1) is 0 Å². The molecular formula is C11H10N2O3. The number of nitrogens with zero attached hydrogens (tertiary/aromatic N) is 1. The van der Waals surface area contributed by atoms with Crippen LogP contribution in [-0.2, 0) is 11.3 Å². The maximum Gasteiger partial charge on any atom is 0.259 e. The van der Waals surface area contributed by atoms with Gasteiger partial charge in [-0.3, -0.25) is 14.9 Å². The van der Waals surface area contributed by atoms with Gasteiger partial charge in [-0.15, -0.1) is 0 Å². The Balaban J connectivity index is 2.37. The maximum absolute atomic E-state index is 11.5. The van der Waals surface area contributed by atoms with Crippen LogP contribution in [0.5, 0.6) is 0 Å². The first-order valence-electron chi connectivity index (χ1n) is 4.76. The number of carbonyl (C=O) groups excluding carboxylic acids is 2. The smallest absolute Gasteiger partial charge is 0.259 e. The summed E-state index contributed by atoms with van der Waals surface area (Å²) in [5, 5.41) is 5.85. The molecule has 1 aliphatic heterocycles. The zero-order valence-corrected chi connectivity index (χ0v) is 8.69. The van der Waals surface area contributed by atoms with E-state index < -0.39 is 0 Å². The van der Waals surface area contributed by atoms with Crippen molar-refractivity contribution in [1.29, 1.82) is 0 Å². The second-order valence-corrected chi connectivity index (χ2v) is 3.30. The van der Waals surface area contributed by atoms with E-state index in [2.05, 4.69) is 15.3 Å². The van der Waals surface area contributed by atoms with Crippen LogP contribution < -0.4 is 5.32 Å². The molecular weight excluding hydrogens is 208 g/mol. The Kier molecular flexibility index (Phi) is 2.68. The van der Waals surface area contributed by atoms with Crippen LogP contribution in [0.2, 0.25) is 0 Å². The van der Waals surface area contributed by atoms with Crippen LogP contribution in [0.3, 0.4) is 0 Å². The molecule has 0 unspecified atom stereocenters. The summed E-state index contributed by atoms with van der Waals surface area (Å²) in [6.45, 7) is 0. The molecule has 1 N–H and O–H groups in total. The number of oxime groups is 1. The predicted octanol–water partition coefficient (Wildman–Crippen LogP) is 0.745. The molecule has 5 nitrogen and oxygen atoms in total. The first-order chi connectivity index (χ1) is 7.74. The second-order valence-electron chi connectivity index (χ2n) is 3.30. The SMILES string of the molecule is CON=CCc1cccc2c1C(=O)NC2=O. The predicted molar refractivity (Wildman–Crippen MR) is 57.4 cm³/mol. The number of nitrogens with one attached hydrogen (secondary N) is 1. The van der Waals surface area contributed by atoms with E-state index in [1.165, 1.54) is 7.11 Å². The van der Waals surface area contributed by atoms with Gasteiger partial charge in [-0.05, 0) is 11.6 Å². The Labute approximate surface area is 92.1 Å². The topological polar surface area (TPSA) is 67.8 Å². The van der Waals surface area contributed by atoms with Gasteiger partial charge in [-0.1, -0.05) is 17.3 Å².